The molecule has 0 saturated carbocycles. The van der Waals surface area contributed by atoms with Crippen LogP contribution in [0.1, 0.15) is 119 Å². The van der Waals surface area contributed by atoms with Gasteiger partial charge >= 0.3 is 0 Å². The Labute approximate surface area is 210 Å². The zero-order chi connectivity index (χ0) is 25.8. The molecule has 3 heteroatoms. The van der Waals surface area contributed by atoms with Crippen molar-refractivity contribution in [3.05, 3.63) is 33.9 Å². The molecule has 1 rings (SSSR count). The number of carbonyl (C=O) groups is 1. The van der Waals surface area contributed by atoms with E-state index in [1.54, 1.807) is 20.3 Å². The lowest BCUT2D eigenvalue weighted by atomic mass is 9.91. The third-order valence-corrected chi connectivity index (χ3v) is 7.36. The molecule has 0 saturated heterocycles. The van der Waals surface area contributed by atoms with E-state index >= 15 is 0 Å². The van der Waals surface area contributed by atoms with Crippen molar-refractivity contribution in [1.82, 2.24) is 0 Å². The van der Waals surface area contributed by atoms with E-state index < -0.39 is 0 Å². The minimum Gasteiger partial charge on any atom is -0.496 e. The summed E-state index contributed by atoms with van der Waals surface area (Å²) in [4.78, 5) is 13.2. The van der Waals surface area contributed by atoms with Gasteiger partial charge in [0.15, 0.2) is 5.78 Å². The van der Waals surface area contributed by atoms with E-state index in [2.05, 4.69) is 34.6 Å². The minimum atomic E-state index is 0.00718. The van der Waals surface area contributed by atoms with E-state index in [1.165, 1.54) is 44.9 Å². The number of benzene rings is 1. The van der Waals surface area contributed by atoms with Gasteiger partial charge in [-0.25, -0.2) is 0 Å². The number of carbonyl (C=O) groups excluding carboxylic acids is 1. The fraction of sp³-hybridized carbons (Fsp3) is 0.710. The van der Waals surface area contributed by atoms with Gasteiger partial charge in [0, 0.05) is 5.56 Å². The number of ether oxygens (including phenoxy) is 2. The maximum atomic E-state index is 13.2. The second kappa shape index (κ2) is 15.3. The summed E-state index contributed by atoms with van der Waals surface area (Å²) in [6, 6.07) is 0. The quantitative estimate of drug-likeness (QED) is 0.178. The Bertz CT molecular complexity index is 804. The van der Waals surface area contributed by atoms with Gasteiger partial charge in [-0.1, -0.05) is 78.2 Å². The van der Waals surface area contributed by atoms with Crippen LogP contribution >= 0.6 is 0 Å². The van der Waals surface area contributed by atoms with E-state index in [-0.39, 0.29) is 5.78 Å². The molecule has 194 valence electrons. The Balaban J connectivity index is 2.57. The van der Waals surface area contributed by atoms with Gasteiger partial charge in [-0.05, 0) is 75.5 Å². The molecular formula is C31H52O3. The number of allylic oxidation sites excluding steroid dienone is 2. The highest BCUT2D eigenvalue weighted by Crippen LogP contribution is 2.38. The van der Waals surface area contributed by atoms with Crippen LogP contribution < -0.4 is 9.47 Å². The molecule has 0 fully saturated rings. The van der Waals surface area contributed by atoms with Crippen molar-refractivity contribution in [2.24, 2.45) is 17.8 Å². The number of methoxy groups -OCH3 is 2. The zero-order valence-electron chi connectivity index (χ0n) is 23.9. The van der Waals surface area contributed by atoms with Crippen molar-refractivity contribution in [3.8, 4) is 11.5 Å². The van der Waals surface area contributed by atoms with Crippen LogP contribution in [0.2, 0.25) is 0 Å². The molecule has 0 bridgehead atoms. The molecule has 0 aliphatic rings. The van der Waals surface area contributed by atoms with Crippen molar-refractivity contribution in [3.63, 3.8) is 0 Å². The Kier molecular flexibility index (Phi) is 13.6. The zero-order valence-corrected chi connectivity index (χ0v) is 23.9. The van der Waals surface area contributed by atoms with Crippen molar-refractivity contribution in [1.29, 1.82) is 0 Å². The molecule has 0 N–H and O–H groups in total. The topological polar surface area (TPSA) is 35.5 Å². The molecule has 2 unspecified atom stereocenters. The molecule has 1 aromatic carbocycles. The highest BCUT2D eigenvalue weighted by atomic mass is 16.5. The fourth-order valence-electron chi connectivity index (χ4n) is 5.03. The summed E-state index contributed by atoms with van der Waals surface area (Å²) in [5.74, 6) is 3.87. The third-order valence-electron chi connectivity index (χ3n) is 7.36. The average molecular weight is 473 g/mol. The molecule has 0 radical (unpaired) electrons. The third kappa shape index (κ3) is 9.47. The SMILES string of the molecule is COc1c(C)c(C)c(OC)c(C(=O)C=C(C)CCCC(C)CCCC(C)CCCC(C)C)c1C. The standard InChI is InChI=1S/C31H52O3/c1-21(2)14-11-15-22(3)16-12-17-23(4)18-13-19-24(5)20-28(32)29-27(8)30(33-9)25(6)26(7)31(29)34-10/h20-23H,11-19H2,1-10H3. The predicted molar refractivity (Wildman–Crippen MR) is 147 cm³/mol. The van der Waals surface area contributed by atoms with Crippen LogP contribution in [0.5, 0.6) is 11.5 Å². The fourth-order valence-corrected chi connectivity index (χ4v) is 5.03. The molecule has 0 spiro atoms. The molecule has 3 nitrogen and oxygen atoms in total. The van der Waals surface area contributed by atoms with E-state index in [0.29, 0.717) is 11.3 Å². The minimum absolute atomic E-state index is 0.00718. The van der Waals surface area contributed by atoms with Crippen molar-refractivity contribution in [2.45, 2.75) is 113 Å². The lowest BCUT2D eigenvalue weighted by molar-refractivity contribution is 0.104. The highest BCUT2D eigenvalue weighted by Gasteiger charge is 2.22. The van der Waals surface area contributed by atoms with Crippen LogP contribution in [-0.2, 0) is 0 Å². The van der Waals surface area contributed by atoms with Gasteiger partial charge in [0.2, 0.25) is 0 Å². The van der Waals surface area contributed by atoms with E-state index in [1.807, 2.05) is 20.8 Å². The highest BCUT2D eigenvalue weighted by molar-refractivity contribution is 6.09. The largest absolute Gasteiger partial charge is 0.496 e. The number of ketones is 1. The summed E-state index contributed by atoms with van der Waals surface area (Å²) in [5.41, 5.74) is 4.59. The van der Waals surface area contributed by atoms with Gasteiger partial charge in [0.25, 0.3) is 0 Å². The second-order valence-electron chi connectivity index (χ2n) is 11.0. The van der Waals surface area contributed by atoms with Crippen LogP contribution in [0.4, 0.5) is 0 Å². The first-order chi connectivity index (χ1) is 16.0. The molecule has 0 amide bonds. The molecule has 0 aromatic heterocycles. The summed E-state index contributed by atoms with van der Waals surface area (Å²) in [5, 5.41) is 0. The monoisotopic (exact) mass is 472 g/mol. The number of hydrogen-bond donors (Lipinski definition) is 0. The van der Waals surface area contributed by atoms with Crippen LogP contribution in [-0.4, -0.2) is 20.0 Å². The van der Waals surface area contributed by atoms with Gasteiger partial charge in [0.1, 0.15) is 11.5 Å². The number of hydrogen-bond acceptors (Lipinski definition) is 3. The maximum absolute atomic E-state index is 13.2. The van der Waals surface area contributed by atoms with Gasteiger partial charge in [-0.2, -0.15) is 0 Å². The van der Waals surface area contributed by atoms with E-state index in [4.69, 9.17) is 9.47 Å². The van der Waals surface area contributed by atoms with Gasteiger partial charge in [0.05, 0.1) is 19.8 Å². The lowest BCUT2D eigenvalue weighted by Crippen LogP contribution is -2.08. The molecule has 0 aliphatic heterocycles. The molecule has 0 heterocycles. The van der Waals surface area contributed by atoms with Crippen LogP contribution in [0.15, 0.2) is 11.6 Å². The molecule has 1 aromatic rings. The Morgan fingerprint density at radius 2 is 1.21 bits per heavy atom. The molecule has 2 atom stereocenters. The summed E-state index contributed by atoms with van der Waals surface area (Å²) >= 11 is 0. The molecular weight excluding hydrogens is 420 g/mol. The van der Waals surface area contributed by atoms with Crippen molar-refractivity contribution < 1.29 is 14.3 Å². The Morgan fingerprint density at radius 3 is 1.71 bits per heavy atom. The summed E-state index contributed by atoms with van der Waals surface area (Å²) < 4.78 is 11.2. The van der Waals surface area contributed by atoms with Crippen LogP contribution in [0.3, 0.4) is 0 Å². The number of rotatable bonds is 16. The predicted octanol–water partition coefficient (Wildman–Crippen LogP) is 9.20. The first-order valence-electron chi connectivity index (χ1n) is 13.5. The van der Waals surface area contributed by atoms with Gasteiger partial charge in [-0.3, -0.25) is 4.79 Å². The Hall–Kier alpha value is -1.77. The van der Waals surface area contributed by atoms with Gasteiger partial charge < -0.3 is 9.47 Å². The van der Waals surface area contributed by atoms with Crippen LogP contribution in [0, 0.1) is 38.5 Å². The smallest absolute Gasteiger partial charge is 0.189 e. The normalized spacial score (nSPS) is 13.8. The first kappa shape index (κ1) is 30.3. The van der Waals surface area contributed by atoms with Crippen LogP contribution in [0.25, 0.3) is 0 Å². The first-order valence-corrected chi connectivity index (χ1v) is 13.5. The summed E-state index contributed by atoms with van der Waals surface area (Å²) in [6.07, 6.45) is 13.2. The van der Waals surface area contributed by atoms with Crippen molar-refractivity contribution in [2.75, 3.05) is 14.2 Å². The maximum Gasteiger partial charge on any atom is 0.189 e. The summed E-state index contributed by atoms with van der Waals surface area (Å²) in [6.45, 7) is 17.4. The van der Waals surface area contributed by atoms with E-state index in [9.17, 15) is 4.79 Å². The van der Waals surface area contributed by atoms with Gasteiger partial charge in [-0.15, -0.1) is 0 Å². The van der Waals surface area contributed by atoms with Crippen molar-refractivity contribution >= 4 is 5.78 Å². The Morgan fingerprint density at radius 1 is 0.735 bits per heavy atom. The summed E-state index contributed by atoms with van der Waals surface area (Å²) in [7, 11) is 3.29. The lowest BCUT2D eigenvalue weighted by Gasteiger charge is -2.19. The molecule has 34 heavy (non-hydrogen) atoms. The average Bonchev–Trinajstić information content (AvgIpc) is 2.76. The van der Waals surface area contributed by atoms with E-state index in [0.717, 1.165) is 58.6 Å². The molecule has 0 aliphatic carbocycles. The second-order valence-corrected chi connectivity index (χ2v) is 11.0.